The standard InChI is InChI=1S/C6H4N2O3/c9-4-11-6(10)5-3-7-1-2-8-5/h1-4H. The molecule has 1 aromatic heterocycles. The minimum atomic E-state index is -0.798. The Morgan fingerprint density at radius 1 is 1.55 bits per heavy atom. The van der Waals surface area contributed by atoms with Crippen LogP contribution in [0.25, 0.3) is 0 Å². The summed E-state index contributed by atoms with van der Waals surface area (Å²) >= 11 is 0. The van der Waals surface area contributed by atoms with E-state index in [2.05, 4.69) is 14.7 Å². The molecule has 1 rings (SSSR count). The molecule has 1 aromatic rings. The van der Waals surface area contributed by atoms with E-state index in [1.807, 2.05) is 0 Å². The molecular formula is C6H4N2O3. The van der Waals surface area contributed by atoms with Crippen molar-refractivity contribution in [2.45, 2.75) is 0 Å². The molecule has 0 spiro atoms. The maximum atomic E-state index is 10.7. The molecule has 0 aromatic carbocycles. The average molecular weight is 152 g/mol. The Morgan fingerprint density at radius 3 is 2.91 bits per heavy atom. The largest absolute Gasteiger partial charge is 0.391 e. The normalized spacial score (nSPS) is 8.73. The molecule has 0 aliphatic heterocycles. The SMILES string of the molecule is O=COC(=O)c1cnccn1. The van der Waals surface area contributed by atoms with Gasteiger partial charge in [-0.3, -0.25) is 9.78 Å². The topological polar surface area (TPSA) is 69.2 Å². The van der Waals surface area contributed by atoms with Gasteiger partial charge in [-0.2, -0.15) is 0 Å². The predicted octanol–water partition coefficient (Wildman–Crippen LogP) is -0.210. The first-order valence-corrected chi connectivity index (χ1v) is 2.75. The number of esters is 1. The number of hydrogen-bond acceptors (Lipinski definition) is 5. The zero-order chi connectivity index (χ0) is 8.10. The van der Waals surface area contributed by atoms with Gasteiger partial charge in [0.05, 0.1) is 6.20 Å². The molecule has 0 radical (unpaired) electrons. The highest BCUT2D eigenvalue weighted by Gasteiger charge is 2.06. The van der Waals surface area contributed by atoms with Crippen LogP contribution in [-0.2, 0) is 9.53 Å². The van der Waals surface area contributed by atoms with Crippen LogP contribution >= 0.6 is 0 Å². The molecular weight excluding hydrogens is 148 g/mol. The number of aromatic nitrogens is 2. The molecule has 0 fully saturated rings. The van der Waals surface area contributed by atoms with Gasteiger partial charge in [0, 0.05) is 12.4 Å². The van der Waals surface area contributed by atoms with Crippen molar-refractivity contribution in [1.82, 2.24) is 9.97 Å². The summed E-state index contributed by atoms with van der Waals surface area (Å²) in [6.07, 6.45) is 3.96. The third kappa shape index (κ3) is 1.82. The highest BCUT2D eigenvalue weighted by molar-refractivity contribution is 5.90. The van der Waals surface area contributed by atoms with Gasteiger partial charge in [-0.1, -0.05) is 0 Å². The van der Waals surface area contributed by atoms with E-state index in [0.717, 1.165) is 0 Å². The lowest BCUT2D eigenvalue weighted by Gasteiger charge is -1.92. The minimum absolute atomic E-state index is 0.0135. The summed E-state index contributed by atoms with van der Waals surface area (Å²) in [6.45, 7) is 0.0526. The van der Waals surface area contributed by atoms with Crippen molar-refractivity contribution in [1.29, 1.82) is 0 Å². The van der Waals surface area contributed by atoms with Crippen LogP contribution in [0.4, 0.5) is 0 Å². The van der Waals surface area contributed by atoms with Gasteiger partial charge in [-0.25, -0.2) is 9.78 Å². The maximum Gasteiger partial charge on any atom is 0.366 e. The summed E-state index contributed by atoms with van der Waals surface area (Å²) in [5.41, 5.74) is 0.0135. The van der Waals surface area contributed by atoms with Crippen LogP contribution in [0.5, 0.6) is 0 Å². The fraction of sp³-hybridized carbons (Fsp3) is 0. The first kappa shape index (κ1) is 7.33. The maximum absolute atomic E-state index is 10.7. The van der Waals surface area contributed by atoms with Gasteiger partial charge in [-0.05, 0) is 0 Å². The van der Waals surface area contributed by atoms with Crippen molar-refractivity contribution in [2.75, 3.05) is 0 Å². The zero-order valence-corrected chi connectivity index (χ0v) is 5.43. The number of carbonyl (C=O) groups is 2. The molecule has 56 valence electrons. The van der Waals surface area contributed by atoms with Crippen LogP contribution in [0.3, 0.4) is 0 Å². The number of hydrogen-bond donors (Lipinski definition) is 0. The number of ether oxygens (including phenoxy) is 1. The van der Waals surface area contributed by atoms with Gasteiger partial charge in [0.25, 0.3) is 0 Å². The first-order chi connectivity index (χ1) is 5.34. The average Bonchev–Trinajstić information content (AvgIpc) is 2.07. The molecule has 5 nitrogen and oxygen atoms in total. The fourth-order valence-electron chi connectivity index (χ4n) is 0.509. The number of carbonyl (C=O) groups excluding carboxylic acids is 2. The van der Waals surface area contributed by atoms with E-state index in [-0.39, 0.29) is 12.2 Å². The van der Waals surface area contributed by atoms with Crippen molar-refractivity contribution < 1.29 is 14.3 Å². The van der Waals surface area contributed by atoms with Crippen LogP contribution in [0.2, 0.25) is 0 Å². The molecule has 0 aliphatic carbocycles. The molecule has 1 heterocycles. The van der Waals surface area contributed by atoms with Gasteiger partial charge < -0.3 is 4.74 Å². The second kappa shape index (κ2) is 3.40. The second-order valence-corrected chi connectivity index (χ2v) is 1.59. The predicted molar refractivity (Wildman–Crippen MR) is 33.5 cm³/mol. The van der Waals surface area contributed by atoms with E-state index in [1.54, 1.807) is 0 Å². The molecule has 0 bridgehead atoms. The fourth-order valence-corrected chi connectivity index (χ4v) is 0.509. The molecule has 0 atom stereocenters. The van der Waals surface area contributed by atoms with Gasteiger partial charge >= 0.3 is 12.4 Å². The smallest absolute Gasteiger partial charge is 0.366 e. The lowest BCUT2D eigenvalue weighted by molar-refractivity contribution is -0.123. The molecule has 0 aliphatic rings. The van der Waals surface area contributed by atoms with E-state index < -0.39 is 5.97 Å². The number of nitrogens with zero attached hydrogens (tertiary/aromatic N) is 2. The third-order valence-corrected chi connectivity index (χ3v) is 0.927. The molecule has 0 unspecified atom stereocenters. The molecule has 0 amide bonds. The second-order valence-electron chi connectivity index (χ2n) is 1.59. The van der Waals surface area contributed by atoms with Crippen molar-refractivity contribution in [3.63, 3.8) is 0 Å². The van der Waals surface area contributed by atoms with Crippen LogP contribution in [0.1, 0.15) is 10.5 Å². The number of rotatable bonds is 2. The van der Waals surface area contributed by atoms with Gasteiger partial charge in [0.1, 0.15) is 0 Å². The summed E-state index contributed by atoms with van der Waals surface area (Å²) in [4.78, 5) is 27.6. The summed E-state index contributed by atoms with van der Waals surface area (Å²) < 4.78 is 4.01. The summed E-state index contributed by atoms with van der Waals surface area (Å²) in [7, 11) is 0. The van der Waals surface area contributed by atoms with Gasteiger partial charge in [-0.15, -0.1) is 0 Å². The Balaban J connectivity index is 2.77. The Kier molecular flexibility index (Phi) is 2.27. The van der Waals surface area contributed by atoms with Crippen LogP contribution in [-0.4, -0.2) is 22.4 Å². The lowest BCUT2D eigenvalue weighted by atomic mass is 10.5. The Morgan fingerprint density at radius 2 is 2.36 bits per heavy atom. The molecule has 5 heteroatoms. The van der Waals surface area contributed by atoms with Crippen molar-refractivity contribution >= 4 is 12.4 Å². The quantitative estimate of drug-likeness (QED) is 0.333. The monoisotopic (exact) mass is 152 g/mol. The van der Waals surface area contributed by atoms with E-state index >= 15 is 0 Å². The van der Waals surface area contributed by atoms with E-state index in [0.29, 0.717) is 0 Å². The van der Waals surface area contributed by atoms with Gasteiger partial charge in [0.2, 0.25) is 0 Å². The molecule has 0 N–H and O–H groups in total. The first-order valence-electron chi connectivity index (χ1n) is 2.75. The van der Waals surface area contributed by atoms with Crippen LogP contribution in [0.15, 0.2) is 18.6 Å². The van der Waals surface area contributed by atoms with Crippen LogP contribution < -0.4 is 0 Å². The Labute approximate surface area is 62.0 Å². The van der Waals surface area contributed by atoms with Crippen molar-refractivity contribution in [2.24, 2.45) is 0 Å². The van der Waals surface area contributed by atoms with Gasteiger partial charge in [0.15, 0.2) is 5.69 Å². The summed E-state index contributed by atoms with van der Waals surface area (Å²) in [5.74, 6) is -0.798. The van der Waals surface area contributed by atoms with E-state index in [1.165, 1.54) is 18.6 Å². The summed E-state index contributed by atoms with van der Waals surface area (Å²) in [6, 6.07) is 0. The van der Waals surface area contributed by atoms with Crippen LogP contribution in [0, 0.1) is 0 Å². The Hall–Kier alpha value is -1.78. The third-order valence-electron chi connectivity index (χ3n) is 0.927. The molecule has 0 saturated heterocycles. The lowest BCUT2D eigenvalue weighted by Crippen LogP contribution is -2.05. The van der Waals surface area contributed by atoms with Crippen molar-refractivity contribution in [3.8, 4) is 0 Å². The molecule has 11 heavy (non-hydrogen) atoms. The highest BCUT2D eigenvalue weighted by Crippen LogP contribution is 1.91. The highest BCUT2D eigenvalue weighted by atomic mass is 16.6. The molecule has 0 saturated carbocycles. The summed E-state index contributed by atoms with van der Waals surface area (Å²) in [5, 5.41) is 0. The zero-order valence-electron chi connectivity index (χ0n) is 5.43. The Bertz CT molecular complexity index is 260. The van der Waals surface area contributed by atoms with E-state index in [9.17, 15) is 9.59 Å². The van der Waals surface area contributed by atoms with E-state index in [4.69, 9.17) is 0 Å². The minimum Gasteiger partial charge on any atom is -0.391 e. The van der Waals surface area contributed by atoms with Crippen molar-refractivity contribution in [3.05, 3.63) is 24.3 Å².